The highest BCUT2D eigenvalue weighted by molar-refractivity contribution is 5.49. The smallest absolute Gasteiger partial charge is 0.168 e. The van der Waals surface area contributed by atoms with Crippen molar-refractivity contribution in [2.75, 3.05) is 32.6 Å². The fourth-order valence-corrected chi connectivity index (χ4v) is 1.64. The number of rotatable bonds is 8. The highest BCUT2D eigenvalue weighted by atomic mass is 16.5. The first-order chi connectivity index (χ1) is 8.65. The van der Waals surface area contributed by atoms with E-state index in [1.807, 2.05) is 12.1 Å². The van der Waals surface area contributed by atoms with Crippen LogP contribution < -0.4 is 10.1 Å². The standard InChI is InChI=1S/C14H25N3O/c1-12(2)17(3)11-6-5-9-15-14-13(18-4)8-7-10-16-14/h7-8,10,12H,5-6,9,11H2,1-4H3,(H,15,16). The van der Waals surface area contributed by atoms with Crippen LogP contribution in [0.15, 0.2) is 18.3 Å². The molecule has 0 amide bonds. The van der Waals surface area contributed by atoms with Gasteiger partial charge in [0.25, 0.3) is 0 Å². The molecule has 1 heterocycles. The summed E-state index contributed by atoms with van der Waals surface area (Å²) in [6.45, 7) is 6.51. The minimum Gasteiger partial charge on any atom is -0.493 e. The van der Waals surface area contributed by atoms with Crippen LogP contribution in [0.3, 0.4) is 0 Å². The molecule has 0 radical (unpaired) electrons. The summed E-state index contributed by atoms with van der Waals surface area (Å²) < 4.78 is 5.24. The number of ether oxygens (including phenoxy) is 1. The molecular weight excluding hydrogens is 226 g/mol. The molecule has 0 bridgehead atoms. The number of aromatic nitrogens is 1. The normalized spacial score (nSPS) is 11.0. The van der Waals surface area contributed by atoms with Gasteiger partial charge in [0, 0.05) is 18.8 Å². The molecule has 0 aliphatic carbocycles. The van der Waals surface area contributed by atoms with Gasteiger partial charge in [-0.1, -0.05) is 0 Å². The molecule has 0 aliphatic heterocycles. The average Bonchev–Trinajstić information content (AvgIpc) is 2.38. The highest BCUT2D eigenvalue weighted by Crippen LogP contribution is 2.19. The summed E-state index contributed by atoms with van der Waals surface area (Å²) in [5.74, 6) is 1.63. The first-order valence-corrected chi connectivity index (χ1v) is 6.58. The quantitative estimate of drug-likeness (QED) is 0.721. The lowest BCUT2D eigenvalue weighted by Gasteiger charge is -2.20. The van der Waals surface area contributed by atoms with Crippen LogP contribution in [0.4, 0.5) is 5.82 Å². The van der Waals surface area contributed by atoms with E-state index < -0.39 is 0 Å². The molecule has 4 nitrogen and oxygen atoms in total. The van der Waals surface area contributed by atoms with Crippen molar-refractivity contribution in [2.45, 2.75) is 32.7 Å². The summed E-state index contributed by atoms with van der Waals surface area (Å²) in [6.07, 6.45) is 4.10. The Hall–Kier alpha value is -1.29. The van der Waals surface area contributed by atoms with Crippen LogP contribution in [-0.2, 0) is 0 Å². The summed E-state index contributed by atoms with van der Waals surface area (Å²) in [4.78, 5) is 6.63. The summed E-state index contributed by atoms with van der Waals surface area (Å²) in [7, 11) is 3.83. The summed E-state index contributed by atoms with van der Waals surface area (Å²) in [6, 6.07) is 4.41. The molecule has 0 atom stereocenters. The van der Waals surface area contributed by atoms with Crippen LogP contribution in [0.2, 0.25) is 0 Å². The average molecular weight is 251 g/mol. The molecule has 1 rings (SSSR count). The largest absolute Gasteiger partial charge is 0.493 e. The molecule has 0 saturated carbocycles. The van der Waals surface area contributed by atoms with E-state index in [-0.39, 0.29) is 0 Å². The highest BCUT2D eigenvalue weighted by Gasteiger charge is 2.03. The second kappa shape index (κ2) is 7.93. The molecule has 0 aromatic carbocycles. The van der Waals surface area contributed by atoms with Gasteiger partial charge in [0.1, 0.15) is 0 Å². The summed E-state index contributed by atoms with van der Waals surface area (Å²) in [5.41, 5.74) is 0. The van der Waals surface area contributed by atoms with Crippen LogP contribution >= 0.6 is 0 Å². The minimum atomic E-state index is 0.619. The van der Waals surface area contributed by atoms with Crippen molar-refractivity contribution in [1.29, 1.82) is 0 Å². The Morgan fingerprint density at radius 1 is 1.39 bits per heavy atom. The van der Waals surface area contributed by atoms with Gasteiger partial charge >= 0.3 is 0 Å². The zero-order valence-corrected chi connectivity index (χ0v) is 11.9. The molecule has 102 valence electrons. The Morgan fingerprint density at radius 3 is 2.83 bits per heavy atom. The van der Waals surface area contributed by atoms with E-state index in [9.17, 15) is 0 Å². The number of hydrogen-bond donors (Lipinski definition) is 1. The van der Waals surface area contributed by atoms with Crippen molar-refractivity contribution in [3.05, 3.63) is 18.3 Å². The molecule has 0 aliphatic rings. The van der Waals surface area contributed by atoms with Gasteiger partial charge in [0.05, 0.1) is 7.11 Å². The van der Waals surface area contributed by atoms with Crippen molar-refractivity contribution in [1.82, 2.24) is 9.88 Å². The van der Waals surface area contributed by atoms with Gasteiger partial charge in [0.15, 0.2) is 11.6 Å². The molecule has 0 spiro atoms. The Balaban J connectivity index is 2.22. The van der Waals surface area contributed by atoms with Gasteiger partial charge in [-0.05, 0) is 52.4 Å². The Bertz CT molecular complexity index is 342. The number of nitrogens with zero attached hydrogens (tertiary/aromatic N) is 2. The number of hydrogen-bond acceptors (Lipinski definition) is 4. The SMILES string of the molecule is COc1cccnc1NCCCCN(C)C(C)C. The van der Waals surface area contributed by atoms with Crippen LogP contribution in [0.5, 0.6) is 5.75 Å². The van der Waals surface area contributed by atoms with Gasteiger partial charge < -0.3 is 15.0 Å². The number of unbranched alkanes of at least 4 members (excludes halogenated alkanes) is 1. The zero-order chi connectivity index (χ0) is 13.4. The molecule has 18 heavy (non-hydrogen) atoms. The molecule has 0 fully saturated rings. The third kappa shape index (κ3) is 4.92. The Morgan fingerprint density at radius 2 is 2.17 bits per heavy atom. The van der Waals surface area contributed by atoms with E-state index in [4.69, 9.17) is 4.74 Å². The first-order valence-electron chi connectivity index (χ1n) is 6.58. The predicted molar refractivity (Wildman–Crippen MR) is 76.3 cm³/mol. The molecular formula is C14H25N3O. The van der Waals surface area contributed by atoms with Crippen molar-refractivity contribution >= 4 is 5.82 Å². The maximum absolute atomic E-state index is 5.24. The summed E-state index contributed by atoms with van der Waals surface area (Å²) >= 11 is 0. The van der Waals surface area contributed by atoms with Gasteiger partial charge in [0.2, 0.25) is 0 Å². The Kier molecular flexibility index (Phi) is 6.50. The topological polar surface area (TPSA) is 37.4 Å². The number of pyridine rings is 1. The van der Waals surface area contributed by atoms with Crippen molar-refractivity contribution in [2.24, 2.45) is 0 Å². The van der Waals surface area contributed by atoms with Gasteiger partial charge in [-0.2, -0.15) is 0 Å². The predicted octanol–water partition coefficient (Wildman–Crippen LogP) is 2.62. The van der Waals surface area contributed by atoms with Gasteiger partial charge in [-0.3, -0.25) is 0 Å². The molecule has 0 saturated heterocycles. The molecule has 1 N–H and O–H groups in total. The van der Waals surface area contributed by atoms with E-state index in [1.165, 1.54) is 6.42 Å². The molecule has 0 unspecified atom stereocenters. The monoisotopic (exact) mass is 251 g/mol. The van der Waals surface area contributed by atoms with Crippen LogP contribution in [0.25, 0.3) is 0 Å². The van der Waals surface area contributed by atoms with E-state index in [0.717, 1.165) is 31.1 Å². The van der Waals surface area contributed by atoms with Crippen LogP contribution in [-0.4, -0.2) is 43.2 Å². The second-order valence-electron chi connectivity index (χ2n) is 4.76. The van der Waals surface area contributed by atoms with Gasteiger partial charge in [-0.25, -0.2) is 4.98 Å². The van der Waals surface area contributed by atoms with Crippen molar-refractivity contribution in [3.8, 4) is 5.75 Å². The van der Waals surface area contributed by atoms with Crippen LogP contribution in [0, 0.1) is 0 Å². The van der Waals surface area contributed by atoms with E-state index in [1.54, 1.807) is 13.3 Å². The van der Waals surface area contributed by atoms with E-state index in [2.05, 4.69) is 36.1 Å². The maximum atomic E-state index is 5.24. The maximum Gasteiger partial charge on any atom is 0.168 e. The molecule has 4 heteroatoms. The lowest BCUT2D eigenvalue weighted by Crippen LogP contribution is -2.27. The number of anilines is 1. The van der Waals surface area contributed by atoms with Crippen molar-refractivity contribution in [3.63, 3.8) is 0 Å². The molecule has 1 aromatic rings. The fourth-order valence-electron chi connectivity index (χ4n) is 1.64. The van der Waals surface area contributed by atoms with Gasteiger partial charge in [-0.15, -0.1) is 0 Å². The molecule has 1 aromatic heterocycles. The third-order valence-corrected chi connectivity index (χ3v) is 3.10. The van der Waals surface area contributed by atoms with E-state index in [0.29, 0.717) is 6.04 Å². The lowest BCUT2D eigenvalue weighted by atomic mass is 10.2. The first kappa shape index (κ1) is 14.8. The fraction of sp³-hybridized carbons (Fsp3) is 0.643. The minimum absolute atomic E-state index is 0.619. The number of nitrogens with one attached hydrogen (secondary N) is 1. The lowest BCUT2D eigenvalue weighted by molar-refractivity contribution is 0.269. The third-order valence-electron chi connectivity index (χ3n) is 3.10. The van der Waals surface area contributed by atoms with Crippen LogP contribution in [0.1, 0.15) is 26.7 Å². The second-order valence-corrected chi connectivity index (χ2v) is 4.76. The van der Waals surface area contributed by atoms with Crippen molar-refractivity contribution < 1.29 is 4.74 Å². The number of methoxy groups -OCH3 is 1. The zero-order valence-electron chi connectivity index (χ0n) is 11.9. The van der Waals surface area contributed by atoms with E-state index >= 15 is 0 Å². The Labute approximate surface area is 110 Å². The summed E-state index contributed by atoms with van der Waals surface area (Å²) in [5, 5.41) is 3.31.